The molecule has 1 aliphatic carbocycles. The van der Waals surface area contributed by atoms with Gasteiger partial charge in [0.05, 0.1) is 0 Å². The highest BCUT2D eigenvalue weighted by Gasteiger charge is 2.14. The Bertz CT molecular complexity index is 489. The predicted octanol–water partition coefficient (Wildman–Crippen LogP) is 3.90. The van der Waals surface area contributed by atoms with Gasteiger partial charge in [0.25, 0.3) is 0 Å². The van der Waals surface area contributed by atoms with Crippen LogP contribution in [0.15, 0.2) is 17.5 Å². The Kier molecular flexibility index (Phi) is 3.32. The molecule has 0 radical (unpaired) electrons. The first-order valence-electron chi connectivity index (χ1n) is 6.17. The van der Waals surface area contributed by atoms with Gasteiger partial charge in [-0.3, -0.25) is 0 Å². The lowest BCUT2D eigenvalue weighted by molar-refractivity contribution is 0.706. The average Bonchev–Trinajstić information content (AvgIpc) is 2.95. The van der Waals surface area contributed by atoms with Crippen LogP contribution in [0.2, 0.25) is 0 Å². The fourth-order valence-electron chi connectivity index (χ4n) is 2.36. The molecule has 1 aliphatic rings. The van der Waals surface area contributed by atoms with E-state index in [9.17, 15) is 0 Å². The van der Waals surface area contributed by atoms with E-state index in [4.69, 9.17) is 0 Å². The van der Waals surface area contributed by atoms with Crippen molar-refractivity contribution in [2.75, 3.05) is 0 Å². The summed E-state index contributed by atoms with van der Waals surface area (Å²) in [6.45, 7) is 4.22. The first-order valence-corrected chi connectivity index (χ1v) is 7.86. The van der Waals surface area contributed by atoms with E-state index in [0.717, 1.165) is 13.1 Å². The summed E-state index contributed by atoms with van der Waals surface area (Å²) in [5, 5.41) is 5.73. The summed E-state index contributed by atoms with van der Waals surface area (Å²) in [4.78, 5) is 4.60. The van der Waals surface area contributed by atoms with Crippen LogP contribution in [0.1, 0.15) is 32.2 Å². The van der Waals surface area contributed by atoms with E-state index < -0.39 is 0 Å². The molecule has 0 fully saturated rings. The van der Waals surface area contributed by atoms with E-state index in [2.05, 4.69) is 29.8 Å². The largest absolute Gasteiger partial charge is 0.307 e. The van der Waals surface area contributed by atoms with Crippen molar-refractivity contribution < 1.29 is 0 Å². The molecule has 0 bridgehead atoms. The van der Waals surface area contributed by atoms with Gasteiger partial charge >= 0.3 is 0 Å². The highest BCUT2D eigenvalue weighted by atomic mass is 32.1. The van der Waals surface area contributed by atoms with Crippen molar-refractivity contribution in [1.29, 1.82) is 0 Å². The van der Waals surface area contributed by atoms with Gasteiger partial charge in [0.15, 0.2) is 0 Å². The topological polar surface area (TPSA) is 12.0 Å². The van der Waals surface area contributed by atoms with E-state index in [0.29, 0.717) is 0 Å². The Morgan fingerprint density at radius 2 is 2.24 bits per heavy atom. The highest BCUT2D eigenvalue weighted by molar-refractivity contribution is 7.12. The van der Waals surface area contributed by atoms with Crippen molar-refractivity contribution >= 4 is 22.7 Å². The van der Waals surface area contributed by atoms with Gasteiger partial charge in [0.2, 0.25) is 0 Å². The second kappa shape index (κ2) is 4.92. The molecule has 0 spiro atoms. The summed E-state index contributed by atoms with van der Waals surface area (Å²) in [6, 6.07) is 4.60. The molecule has 2 aromatic rings. The van der Waals surface area contributed by atoms with Gasteiger partial charge in [-0.2, -0.15) is 0 Å². The molecule has 0 aromatic carbocycles. The first kappa shape index (κ1) is 11.5. The van der Waals surface area contributed by atoms with Gasteiger partial charge in [0.1, 0.15) is 0 Å². The van der Waals surface area contributed by atoms with Gasteiger partial charge in [-0.05, 0) is 54.8 Å². The van der Waals surface area contributed by atoms with Crippen molar-refractivity contribution in [2.45, 2.75) is 39.3 Å². The maximum absolute atomic E-state index is 3.55. The summed E-state index contributed by atoms with van der Waals surface area (Å²) >= 11 is 3.85. The van der Waals surface area contributed by atoms with Crippen LogP contribution in [-0.4, -0.2) is 0 Å². The molecule has 3 rings (SSSR count). The monoisotopic (exact) mass is 263 g/mol. The molecule has 1 nitrogen and oxygen atoms in total. The quantitative estimate of drug-likeness (QED) is 0.882. The Balaban J connectivity index is 1.56. The van der Waals surface area contributed by atoms with Gasteiger partial charge in [0, 0.05) is 27.7 Å². The molecule has 0 aliphatic heterocycles. The van der Waals surface area contributed by atoms with E-state index in [1.54, 1.807) is 10.4 Å². The third kappa shape index (κ3) is 2.46. The van der Waals surface area contributed by atoms with Crippen molar-refractivity contribution in [3.05, 3.63) is 43.3 Å². The Labute approximate surface area is 111 Å². The van der Waals surface area contributed by atoms with Gasteiger partial charge < -0.3 is 5.32 Å². The molecule has 0 amide bonds. The molecule has 1 N–H and O–H groups in total. The van der Waals surface area contributed by atoms with Crippen molar-refractivity contribution in [1.82, 2.24) is 5.32 Å². The molecular weight excluding hydrogens is 246 g/mol. The van der Waals surface area contributed by atoms with Crippen LogP contribution >= 0.6 is 22.7 Å². The average molecular weight is 263 g/mol. The lowest BCUT2D eigenvalue weighted by Gasteiger charge is -2.02. The fourth-order valence-corrected chi connectivity index (χ4v) is 4.47. The number of aryl methyl sites for hydroxylation is 3. The Morgan fingerprint density at radius 1 is 1.29 bits per heavy atom. The molecule has 0 atom stereocenters. The van der Waals surface area contributed by atoms with E-state index in [1.807, 2.05) is 22.7 Å². The SMILES string of the molecule is Cc1ccsc1CNCc1cc2c(s1)CCC2. The van der Waals surface area contributed by atoms with Crippen molar-refractivity contribution in [3.8, 4) is 0 Å². The number of fused-ring (bicyclic) bond motifs is 1. The number of hydrogen-bond acceptors (Lipinski definition) is 3. The molecular formula is C14H17NS2. The minimum Gasteiger partial charge on any atom is -0.307 e. The zero-order valence-electron chi connectivity index (χ0n) is 10.1. The molecule has 90 valence electrons. The number of hydrogen-bond donors (Lipinski definition) is 1. The van der Waals surface area contributed by atoms with Crippen LogP contribution in [0.25, 0.3) is 0 Å². The van der Waals surface area contributed by atoms with Crippen LogP contribution in [-0.2, 0) is 25.9 Å². The molecule has 2 aromatic heterocycles. The zero-order valence-corrected chi connectivity index (χ0v) is 11.7. The van der Waals surface area contributed by atoms with Crippen LogP contribution in [0.5, 0.6) is 0 Å². The maximum Gasteiger partial charge on any atom is 0.0305 e. The third-order valence-electron chi connectivity index (χ3n) is 3.35. The normalized spacial score (nSPS) is 14.2. The smallest absolute Gasteiger partial charge is 0.0305 e. The van der Waals surface area contributed by atoms with E-state index in [1.165, 1.54) is 34.6 Å². The predicted molar refractivity (Wildman–Crippen MR) is 75.9 cm³/mol. The molecule has 0 unspecified atom stereocenters. The molecule has 3 heteroatoms. The zero-order chi connectivity index (χ0) is 11.7. The number of thiophene rings is 2. The highest BCUT2D eigenvalue weighted by Crippen LogP contribution is 2.30. The van der Waals surface area contributed by atoms with Gasteiger partial charge in [-0.15, -0.1) is 22.7 Å². The number of rotatable bonds is 4. The Hall–Kier alpha value is -0.640. The lowest BCUT2D eigenvalue weighted by atomic mass is 10.2. The Morgan fingerprint density at radius 3 is 3.00 bits per heavy atom. The van der Waals surface area contributed by atoms with Crippen LogP contribution in [0.3, 0.4) is 0 Å². The summed E-state index contributed by atoms with van der Waals surface area (Å²) in [5.41, 5.74) is 3.02. The second-order valence-corrected chi connectivity index (χ2v) is 6.87. The summed E-state index contributed by atoms with van der Waals surface area (Å²) in [5.74, 6) is 0. The fraction of sp³-hybridized carbons (Fsp3) is 0.429. The van der Waals surface area contributed by atoms with Crippen molar-refractivity contribution in [2.24, 2.45) is 0 Å². The van der Waals surface area contributed by atoms with Gasteiger partial charge in [-0.25, -0.2) is 0 Å². The molecule has 0 saturated heterocycles. The molecule has 0 saturated carbocycles. The summed E-state index contributed by atoms with van der Waals surface area (Å²) in [7, 11) is 0. The van der Waals surface area contributed by atoms with Crippen LogP contribution in [0, 0.1) is 6.92 Å². The van der Waals surface area contributed by atoms with Gasteiger partial charge in [-0.1, -0.05) is 0 Å². The van der Waals surface area contributed by atoms with E-state index >= 15 is 0 Å². The van der Waals surface area contributed by atoms with Crippen molar-refractivity contribution in [3.63, 3.8) is 0 Å². The number of nitrogens with one attached hydrogen (secondary N) is 1. The second-order valence-electron chi connectivity index (χ2n) is 4.65. The third-order valence-corrected chi connectivity index (χ3v) is 5.61. The molecule has 2 heterocycles. The minimum absolute atomic E-state index is 1.01. The summed E-state index contributed by atoms with van der Waals surface area (Å²) in [6.07, 6.45) is 3.98. The lowest BCUT2D eigenvalue weighted by Crippen LogP contribution is -2.11. The van der Waals surface area contributed by atoms with Crippen LogP contribution < -0.4 is 5.32 Å². The summed E-state index contributed by atoms with van der Waals surface area (Å²) < 4.78 is 0. The standard InChI is InChI=1S/C14H17NS2/c1-10-5-6-16-14(10)9-15-8-12-7-11-3-2-4-13(11)17-12/h5-7,15H,2-4,8-9H2,1H3. The molecule has 17 heavy (non-hydrogen) atoms. The van der Waals surface area contributed by atoms with Crippen LogP contribution in [0.4, 0.5) is 0 Å². The minimum atomic E-state index is 1.01. The first-order chi connectivity index (χ1) is 8.33. The maximum atomic E-state index is 3.55. The van der Waals surface area contributed by atoms with E-state index in [-0.39, 0.29) is 0 Å².